The molecule has 6 nitrogen and oxygen atoms in total. The van der Waals surface area contributed by atoms with Crippen LogP contribution in [0.25, 0.3) is 0 Å². The van der Waals surface area contributed by atoms with Crippen LogP contribution >= 0.6 is 0 Å². The lowest BCUT2D eigenvalue weighted by atomic mass is 9.46. The van der Waals surface area contributed by atoms with Gasteiger partial charge in [-0.15, -0.1) is 0 Å². The maximum Gasteiger partial charge on any atom is 0.334 e. The van der Waals surface area contributed by atoms with E-state index in [1.54, 1.807) is 0 Å². The summed E-state index contributed by atoms with van der Waals surface area (Å²) < 4.78 is 32.2. The van der Waals surface area contributed by atoms with Crippen LogP contribution in [0.5, 0.6) is 0 Å². The quantitative estimate of drug-likeness (QED) is 0.518. The van der Waals surface area contributed by atoms with Crippen LogP contribution in [0.4, 0.5) is 0 Å². The van der Waals surface area contributed by atoms with E-state index in [1.807, 2.05) is 0 Å². The van der Waals surface area contributed by atoms with E-state index in [0.717, 1.165) is 31.3 Å². The zero-order valence-corrected chi connectivity index (χ0v) is 18.5. The standard InChI is InChI=1S/C24H32O6/c1-6-12(4)22-17(29-22)18-24(30-18)21(5)8-7-13-14(10-26-19(13)25)15(21)9-16-23(24,28-16)20(22)27-11(2)3/h11-12,15-18,20H,6-10H2,1-5H3. The van der Waals surface area contributed by atoms with Gasteiger partial charge in [-0.25, -0.2) is 4.79 Å². The second kappa shape index (κ2) is 5.16. The van der Waals surface area contributed by atoms with Gasteiger partial charge in [0.05, 0.1) is 12.2 Å². The number of ether oxygens (including phenoxy) is 5. The molecule has 10 atom stereocenters. The summed E-state index contributed by atoms with van der Waals surface area (Å²) in [5, 5.41) is 0. The topological polar surface area (TPSA) is 73.1 Å². The summed E-state index contributed by atoms with van der Waals surface area (Å²) in [6.07, 6.45) is 3.90. The van der Waals surface area contributed by atoms with E-state index in [0.29, 0.717) is 12.5 Å². The summed E-state index contributed by atoms with van der Waals surface area (Å²) in [6.45, 7) is 11.5. The van der Waals surface area contributed by atoms with Gasteiger partial charge in [0.2, 0.25) is 0 Å². The smallest absolute Gasteiger partial charge is 0.334 e. The predicted octanol–water partition coefficient (Wildman–Crippen LogP) is 2.93. The van der Waals surface area contributed by atoms with Crippen molar-refractivity contribution in [1.29, 1.82) is 0 Å². The van der Waals surface area contributed by atoms with Gasteiger partial charge in [0, 0.05) is 11.0 Å². The van der Waals surface area contributed by atoms with E-state index >= 15 is 0 Å². The van der Waals surface area contributed by atoms with Gasteiger partial charge in [0.15, 0.2) is 5.60 Å². The highest BCUT2D eigenvalue weighted by atomic mass is 16.8. The summed E-state index contributed by atoms with van der Waals surface area (Å²) in [6, 6.07) is 0. The first kappa shape index (κ1) is 18.6. The first-order valence-electron chi connectivity index (χ1n) is 11.9. The number of epoxide rings is 3. The van der Waals surface area contributed by atoms with E-state index in [1.165, 1.54) is 5.57 Å². The van der Waals surface area contributed by atoms with Crippen molar-refractivity contribution in [2.24, 2.45) is 17.3 Å². The number of hydrogen-bond donors (Lipinski definition) is 0. The highest BCUT2D eigenvalue weighted by Crippen LogP contribution is 2.83. The van der Waals surface area contributed by atoms with E-state index in [9.17, 15) is 4.79 Å². The van der Waals surface area contributed by atoms with Crippen molar-refractivity contribution in [2.75, 3.05) is 6.61 Å². The lowest BCUT2D eigenvalue weighted by Crippen LogP contribution is -2.70. The zero-order valence-electron chi connectivity index (χ0n) is 18.5. The molecule has 0 aromatic rings. The van der Waals surface area contributed by atoms with Crippen LogP contribution in [0.15, 0.2) is 11.1 Å². The fourth-order valence-corrected chi connectivity index (χ4v) is 8.35. The molecule has 0 radical (unpaired) electrons. The molecule has 164 valence electrons. The van der Waals surface area contributed by atoms with E-state index in [4.69, 9.17) is 23.7 Å². The molecule has 7 aliphatic rings. The molecule has 3 saturated heterocycles. The number of fused-ring (bicyclic) bond motifs is 4. The fraction of sp³-hybridized carbons (Fsp3) is 0.875. The largest absolute Gasteiger partial charge is 0.458 e. The Labute approximate surface area is 177 Å². The summed E-state index contributed by atoms with van der Waals surface area (Å²) in [7, 11) is 0. The maximum atomic E-state index is 12.3. The third-order valence-electron chi connectivity index (χ3n) is 9.95. The van der Waals surface area contributed by atoms with Crippen molar-refractivity contribution in [3.63, 3.8) is 0 Å². The van der Waals surface area contributed by atoms with Crippen molar-refractivity contribution in [2.45, 2.75) is 108 Å². The SMILES string of the molecule is CCC(C)C12OC1C1OC13C1(C)CCC4=C(COC4=O)C1CC1OC13C2OC(C)C. The molecule has 7 rings (SSSR count). The highest BCUT2D eigenvalue weighted by Gasteiger charge is 3.00. The molecular formula is C24H32O6. The Hall–Kier alpha value is -0.950. The van der Waals surface area contributed by atoms with Crippen molar-refractivity contribution >= 4 is 5.97 Å². The minimum Gasteiger partial charge on any atom is -0.458 e. The van der Waals surface area contributed by atoms with Crippen LogP contribution < -0.4 is 0 Å². The third kappa shape index (κ3) is 1.66. The molecule has 0 bridgehead atoms. The fourth-order valence-electron chi connectivity index (χ4n) is 8.35. The summed E-state index contributed by atoms with van der Waals surface area (Å²) in [5.74, 6) is 0.546. The molecule has 2 saturated carbocycles. The van der Waals surface area contributed by atoms with Gasteiger partial charge in [-0.2, -0.15) is 0 Å². The van der Waals surface area contributed by atoms with Gasteiger partial charge in [-0.3, -0.25) is 0 Å². The summed E-state index contributed by atoms with van der Waals surface area (Å²) >= 11 is 0. The van der Waals surface area contributed by atoms with E-state index in [2.05, 4.69) is 34.6 Å². The van der Waals surface area contributed by atoms with E-state index in [-0.39, 0.29) is 59.0 Å². The molecular weight excluding hydrogens is 384 g/mol. The van der Waals surface area contributed by atoms with Crippen LogP contribution in [0.2, 0.25) is 0 Å². The Morgan fingerprint density at radius 2 is 1.97 bits per heavy atom. The molecule has 4 heterocycles. The zero-order chi connectivity index (χ0) is 20.8. The molecule has 2 spiro atoms. The predicted molar refractivity (Wildman–Crippen MR) is 106 cm³/mol. The Morgan fingerprint density at radius 1 is 1.17 bits per heavy atom. The van der Waals surface area contributed by atoms with Crippen molar-refractivity contribution in [3.8, 4) is 0 Å². The number of rotatable bonds is 4. The Bertz CT molecular complexity index is 896. The average Bonchev–Trinajstić information content (AvgIpc) is 3.60. The van der Waals surface area contributed by atoms with E-state index < -0.39 is 5.60 Å². The van der Waals surface area contributed by atoms with Crippen LogP contribution in [-0.2, 0) is 28.5 Å². The van der Waals surface area contributed by atoms with Gasteiger partial charge >= 0.3 is 5.97 Å². The van der Waals surface area contributed by atoms with Gasteiger partial charge in [0.1, 0.15) is 36.1 Å². The molecule has 10 unspecified atom stereocenters. The number of cyclic esters (lactones) is 1. The molecule has 6 heteroatoms. The number of hydrogen-bond acceptors (Lipinski definition) is 6. The molecule has 0 N–H and O–H groups in total. The van der Waals surface area contributed by atoms with Crippen molar-refractivity contribution < 1.29 is 28.5 Å². The Kier molecular flexibility index (Phi) is 3.20. The van der Waals surface area contributed by atoms with Gasteiger partial charge < -0.3 is 23.7 Å². The average molecular weight is 417 g/mol. The molecule has 0 aromatic heterocycles. The summed E-state index contributed by atoms with van der Waals surface area (Å²) in [5.41, 5.74) is 0.928. The minimum absolute atomic E-state index is 0.0662. The van der Waals surface area contributed by atoms with Crippen molar-refractivity contribution in [3.05, 3.63) is 11.1 Å². The first-order chi connectivity index (χ1) is 14.3. The minimum atomic E-state index is -0.425. The Balaban J connectivity index is 1.36. The second-order valence-electron chi connectivity index (χ2n) is 11.2. The summed E-state index contributed by atoms with van der Waals surface area (Å²) in [4.78, 5) is 12.3. The molecule has 0 aromatic carbocycles. The highest BCUT2D eigenvalue weighted by molar-refractivity contribution is 5.92. The van der Waals surface area contributed by atoms with Gasteiger partial charge in [-0.05, 0) is 50.5 Å². The van der Waals surface area contributed by atoms with Gasteiger partial charge in [-0.1, -0.05) is 27.2 Å². The van der Waals surface area contributed by atoms with Crippen LogP contribution in [0.1, 0.15) is 60.3 Å². The maximum absolute atomic E-state index is 12.3. The lowest BCUT2D eigenvalue weighted by Gasteiger charge is -2.54. The molecule has 4 aliphatic heterocycles. The number of carbonyl (C=O) groups excluding carboxylic acids is 1. The lowest BCUT2D eigenvalue weighted by molar-refractivity contribution is -0.142. The third-order valence-corrected chi connectivity index (χ3v) is 9.95. The second-order valence-corrected chi connectivity index (χ2v) is 11.2. The number of carbonyl (C=O) groups is 1. The molecule has 0 amide bonds. The molecule has 30 heavy (non-hydrogen) atoms. The Morgan fingerprint density at radius 3 is 2.70 bits per heavy atom. The van der Waals surface area contributed by atoms with Gasteiger partial charge in [0.25, 0.3) is 0 Å². The first-order valence-corrected chi connectivity index (χ1v) is 11.9. The monoisotopic (exact) mass is 416 g/mol. The van der Waals surface area contributed by atoms with Crippen molar-refractivity contribution in [1.82, 2.24) is 0 Å². The number of esters is 1. The molecule has 3 aliphatic carbocycles. The van der Waals surface area contributed by atoms with Crippen LogP contribution in [-0.4, -0.2) is 59.9 Å². The van der Waals surface area contributed by atoms with Crippen LogP contribution in [0, 0.1) is 17.3 Å². The molecule has 5 fully saturated rings. The van der Waals surface area contributed by atoms with Crippen LogP contribution in [0.3, 0.4) is 0 Å². The normalized spacial score (nSPS) is 57.4.